The third-order valence-electron chi connectivity index (χ3n) is 3.32. The molecule has 82 valence electrons. The van der Waals surface area contributed by atoms with Crippen LogP contribution in [0.25, 0.3) is 0 Å². The van der Waals surface area contributed by atoms with Crippen LogP contribution < -0.4 is 0 Å². The molecule has 1 aromatic heterocycles. The second kappa shape index (κ2) is 3.08. The molecule has 0 bridgehead atoms. The van der Waals surface area contributed by atoms with E-state index < -0.39 is 11.4 Å². The minimum atomic E-state index is -0.704. The van der Waals surface area contributed by atoms with E-state index in [4.69, 9.17) is 0 Å². The molecule has 4 nitrogen and oxygen atoms in total. The normalized spacial score (nSPS) is 17.8. The summed E-state index contributed by atoms with van der Waals surface area (Å²) in [6.45, 7) is 6.67. The molecule has 0 saturated heterocycles. The van der Waals surface area contributed by atoms with E-state index in [1.807, 2.05) is 25.5 Å². The summed E-state index contributed by atoms with van der Waals surface area (Å²) in [4.78, 5) is 11.2. The Morgan fingerprint density at radius 1 is 1.53 bits per heavy atom. The van der Waals surface area contributed by atoms with Crippen molar-refractivity contribution < 1.29 is 9.90 Å². The van der Waals surface area contributed by atoms with Gasteiger partial charge in [0.1, 0.15) is 0 Å². The van der Waals surface area contributed by atoms with E-state index in [1.165, 1.54) is 0 Å². The summed E-state index contributed by atoms with van der Waals surface area (Å²) >= 11 is 0. The lowest BCUT2D eigenvalue weighted by Crippen LogP contribution is -2.21. The van der Waals surface area contributed by atoms with Crippen LogP contribution in [-0.2, 0) is 16.8 Å². The first-order chi connectivity index (χ1) is 7.03. The van der Waals surface area contributed by atoms with Crippen LogP contribution in [0.1, 0.15) is 36.7 Å². The van der Waals surface area contributed by atoms with Crippen molar-refractivity contribution in [1.82, 2.24) is 9.78 Å². The minimum Gasteiger partial charge on any atom is -0.481 e. The zero-order valence-corrected chi connectivity index (χ0v) is 9.37. The third kappa shape index (κ3) is 1.28. The summed E-state index contributed by atoms with van der Waals surface area (Å²) in [6, 6.07) is 0. The predicted molar refractivity (Wildman–Crippen MR) is 55.9 cm³/mol. The molecule has 1 aromatic rings. The van der Waals surface area contributed by atoms with Crippen molar-refractivity contribution in [3.63, 3.8) is 0 Å². The fraction of sp³-hybridized carbons (Fsp3) is 0.636. The molecule has 0 aliphatic heterocycles. The van der Waals surface area contributed by atoms with Gasteiger partial charge in [0.2, 0.25) is 0 Å². The molecule has 1 saturated carbocycles. The fourth-order valence-electron chi connectivity index (χ4n) is 2.39. The van der Waals surface area contributed by atoms with Crippen LogP contribution in [0.15, 0.2) is 0 Å². The fourth-order valence-corrected chi connectivity index (χ4v) is 2.39. The number of carboxylic acids is 1. The lowest BCUT2D eigenvalue weighted by Gasteiger charge is -2.10. The van der Waals surface area contributed by atoms with Crippen LogP contribution in [-0.4, -0.2) is 20.9 Å². The van der Waals surface area contributed by atoms with Gasteiger partial charge in [-0.3, -0.25) is 9.48 Å². The SMILES string of the molecule is CCn1nc(C)c(C2(C(=O)O)CC2)c1C. The third-order valence-corrected chi connectivity index (χ3v) is 3.32. The van der Waals surface area contributed by atoms with Crippen LogP contribution in [0.3, 0.4) is 0 Å². The van der Waals surface area contributed by atoms with E-state index in [1.54, 1.807) is 0 Å². The Bertz CT molecular complexity index is 416. The topological polar surface area (TPSA) is 55.1 Å². The van der Waals surface area contributed by atoms with Crippen molar-refractivity contribution in [3.05, 3.63) is 17.0 Å². The second-order valence-corrected chi connectivity index (χ2v) is 4.25. The Labute approximate surface area is 88.9 Å². The van der Waals surface area contributed by atoms with E-state index in [2.05, 4.69) is 5.10 Å². The van der Waals surface area contributed by atoms with Gasteiger partial charge in [0.15, 0.2) is 0 Å². The Balaban J connectivity index is 2.53. The second-order valence-electron chi connectivity index (χ2n) is 4.25. The maximum absolute atomic E-state index is 11.2. The Hall–Kier alpha value is -1.32. The van der Waals surface area contributed by atoms with Crippen molar-refractivity contribution in [2.24, 2.45) is 0 Å². The molecule has 0 atom stereocenters. The van der Waals surface area contributed by atoms with Gasteiger partial charge in [-0.2, -0.15) is 5.10 Å². The molecule has 1 fully saturated rings. The molecular weight excluding hydrogens is 192 g/mol. The first-order valence-corrected chi connectivity index (χ1v) is 5.31. The maximum atomic E-state index is 11.2. The summed E-state index contributed by atoms with van der Waals surface area (Å²) in [5.74, 6) is -0.704. The summed E-state index contributed by atoms with van der Waals surface area (Å²) in [6.07, 6.45) is 1.50. The van der Waals surface area contributed by atoms with E-state index in [9.17, 15) is 9.90 Å². The number of aromatic nitrogens is 2. The number of rotatable bonds is 3. The molecule has 15 heavy (non-hydrogen) atoms. The number of hydrogen-bond donors (Lipinski definition) is 1. The van der Waals surface area contributed by atoms with Crippen molar-refractivity contribution in [2.75, 3.05) is 0 Å². The molecule has 4 heteroatoms. The quantitative estimate of drug-likeness (QED) is 0.821. The highest BCUT2D eigenvalue weighted by atomic mass is 16.4. The average Bonchev–Trinajstić information content (AvgIpc) is 2.90. The monoisotopic (exact) mass is 208 g/mol. The van der Waals surface area contributed by atoms with Crippen molar-refractivity contribution >= 4 is 5.97 Å². The molecule has 1 aliphatic carbocycles. The van der Waals surface area contributed by atoms with E-state index >= 15 is 0 Å². The molecule has 1 heterocycles. The zero-order chi connectivity index (χ0) is 11.2. The van der Waals surface area contributed by atoms with Gasteiger partial charge >= 0.3 is 5.97 Å². The Morgan fingerprint density at radius 3 is 2.47 bits per heavy atom. The van der Waals surface area contributed by atoms with Crippen LogP contribution in [0, 0.1) is 13.8 Å². The van der Waals surface area contributed by atoms with E-state index in [0.717, 1.165) is 36.3 Å². The Morgan fingerprint density at radius 2 is 2.13 bits per heavy atom. The highest BCUT2D eigenvalue weighted by Gasteiger charge is 2.54. The van der Waals surface area contributed by atoms with Crippen LogP contribution in [0.5, 0.6) is 0 Å². The molecule has 0 amide bonds. The van der Waals surface area contributed by atoms with Gasteiger partial charge in [-0.25, -0.2) is 0 Å². The highest BCUT2D eigenvalue weighted by Crippen LogP contribution is 2.50. The average molecular weight is 208 g/mol. The van der Waals surface area contributed by atoms with E-state index in [-0.39, 0.29) is 0 Å². The summed E-state index contributed by atoms with van der Waals surface area (Å²) in [5.41, 5.74) is 2.20. The lowest BCUT2D eigenvalue weighted by atomic mass is 9.94. The van der Waals surface area contributed by atoms with Gasteiger partial charge < -0.3 is 5.11 Å². The Kier molecular flexibility index (Phi) is 2.10. The van der Waals surface area contributed by atoms with Crippen LogP contribution >= 0.6 is 0 Å². The zero-order valence-electron chi connectivity index (χ0n) is 9.37. The van der Waals surface area contributed by atoms with Gasteiger partial charge in [-0.1, -0.05) is 0 Å². The van der Waals surface area contributed by atoms with Gasteiger partial charge in [-0.15, -0.1) is 0 Å². The van der Waals surface area contributed by atoms with Gasteiger partial charge in [0.05, 0.1) is 11.1 Å². The van der Waals surface area contributed by atoms with Gasteiger partial charge in [0.25, 0.3) is 0 Å². The molecule has 0 unspecified atom stereocenters. The number of hydrogen-bond acceptors (Lipinski definition) is 2. The number of aliphatic carboxylic acids is 1. The van der Waals surface area contributed by atoms with Gasteiger partial charge in [0, 0.05) is 17.8 Å². The molecule has 1 N–H and O–H groups in total. The molecule has 0 spiro atoms. The number of carbonyl (C=O) groups is 1. The number of nitrogens with zero attached hydrogens (tertiary/aromatic N) is 2. The molecule has 1 aliphatic rings. The van der Waals surface area contributed by atoms with Gasteiger partial charge in [-0.05, 0) is 33.6 Å². The summed E-state index contributed by atoms with van der Waals surface area (Å²) in [5, 5.41) is 13.6. The minimum absolute atomic E-state index is 0.623. The van der Waals surface area contributed by atoms with Crippen LogP contribution in [0.4, 0.5) is 0 Å². The molecule has 2 rings (SSSR count). The standard InChI is InChI=1S/C11H16N2O2/c1-4-13-8(3)9(7(2)12-13)11(5-6-11)10(14)15/h4-6H2,1-3H3,(H,14,15). The first-order valence-electron chi connectivity index (χ1n) is 5.31. The largest absolute Gasteiger partial charge is 0.481 e. The van der Waals surface area contributed by atoms with Crippen molar-refractivity contribution in [1.29, 1.82) is 0 Å². The number of aryl methyl sites for hydroxylation is 2. The first kappa shape index (κ1) is 10.2. The maximum Gasteiger partial charge on any atom is 0.314 e. The summed E-state index contributed by atoms with van der Waals surface area (Å²) in [7, 11) is 0. The highest BCUT2D eigenvalue weighted by molar-refractivity contribution is 5.85. The van der Waals surface area contributed by atoms with Crippen molar-refractivity contribution in [3.8, 4) is 0 Å². The summed E-state index contributed by atoms with van der Waals surface area (Å²) < 4.78 is 1.88. The van der Waals surface area contributed by atoms with Crippen molar-refractivity contribution in [2.45, 2.75) is 45.6 Å². The smallest absolute Gasteiger partial charge is 0.314 e. The molecule has 0 aromatic carbocycles. The van der Waals surface area contributed by atoms with E-state index in [0.29, 0.717) is 0 Å². The number of carboxylic acid groups (broad SMARTS) is 1. The lowest BCUT2D eigenvalue weighted by molar-refractivity contribution is -0.140. The predicted octanol–water partition coefficient (Wildman–Crippen LogP) is 1.64. The molecular formula is C11H16N2O2. The van der Waals surface area contributed by atoms with Crippen LogP contribution in [0.2, 0.25) is 0 Å². The molecule has 0 radical (unpaired) electrons.